The second-order valence-corrected chi connectivity index (χ2v) is 22.7. The summed E-state index contributed by atoms with van der Waals surface area (Å²) in [5, 5.41) is 10.4. The maximum atomic E-state index is 4.82. The van der Waals surface area contributed by atoms with Crippen LogP contribution in [0.15, 0.2) is 243 Å². The van der Waals surface area contributed by atoms with Gasteiger partial charge in [-0.3, -0.25) is 9.13 Å². The zero-order chi connectivity index (χ0) is 50.4. The predicted octanol–water partition coefficient (Wildman–Crippen LogP) is 12.7. The zero-order valence-electron chi connectivity index (χ0n) is 42.0. The molecule has 14 rings (SSSR count). The summed E-state index contributed by atoms with van der Waals surface area (Å²) >= 11 is 0. The Balaban J connectivity index is 0.000000117. The van der Waals surface area contributed by atoms with Crippen LogP contribution in [-0.4, -0.2) is 51.5 Å². The Kier molecular flexibility index (Phi) is 15.6. The number of hydrogen-bond acceptors (Lipinski definition) is 4. The van der Waals surface area contributed by atoms with Gasteiger partial charge >= 0.3 is 19.8 Å². The number of imidazole rings is 2. The predicted molar refractivity (Wildman–Crippen MR) is 316 cm³/mol. The van der Waals surface area contributed by atoms with E-state index in [2.05, 4.69) is 211 Å². The molecule has 6 heterocycles. The molecule has 8 nitrogen and oxygen atoms in total. The van der Waals surface area contributed by atoms with E-state index in [0.29, 0.717) is 0 Å². The molecule has 0 N–H and O–H groups in total. The summed E-state index contributed by atoms with van der Waals surface area (Å²) in [4.78, 5) is 18.8. The molecule has 0 bridgehead atoms. The largest absolute Gasteiger partial charge is 2.00 e. The first kappa shape index (κ1) is 50.6. The first-order chi connectivity index (χ1) is 36.4. The van der Waals surface area contributed by atoms with Crippen LogP contribution in [0.4, 0.5) is 0 Å². The molecule has 0 saturated carbocycles. The van der Waals surface area contributed by atoms with Crippen molar-refractivity contribution < 1.29 is 19.8 Å². The van der Waals surface area contributed by atoms with Crippen molar-refractivity contribution >= 4 is 103 Å². The van der Waals surface area contributed by atoms with E-state index in [1.807, 2.05) is 99.3 Å². The molecule has 0 atom stereocenters. The first-order valence-corrected chi connectivity index (χ1v) is 28.7. The molecular weight excluding hydrogens is 1130 g/mol. The number of hydrogen-bond donors (Lipinski definition) is 0. The van der Waals surface area contributed by atoms with Crippen molar-refractivity contribution in [3.8, 4) is 11.9 Å². The molecule has 0 aliphatic carbocycles. The summed E-state index contributed by atoms with van der Waals surface area (Å²) in [5.74, 6) is 1.71. The minimum Gasteiger partial charge on any atom is -0.313 e. The van der Waals surface area contributed by atoms with Gasteiger partial charge in [0.25, 0.3) is 0 Å². The van der Waals surface area contributed by atoms with Crippen molar-refractivity contribution in [2.45, 2.75) is 0 Å². The van der Waals surface area contributed by atoms with Crippen molar-refractivity contribution in [2.75, 3.05) is 13.3 Å². The third-order valence-electron chi connectivity index (χ3n) is 13.4. The standard InChI is InChI=1S/2C19H13N4.2C13H13P.Os/c2*1-22-17-11-5-3-9-15(17)21-19(22)23-16-10-4-2-7-13(16)14-8-6-12-20-18(14)23;2*1-14(12-8-4-2-5-9-12)13-10-6-3-7-11-13;/h2*2-9,11-12H,1H3;2*2-11H,1H3;/q2*-1;;;+2/p+2. The normalized spacial score (nSPS) is 11.1. The molecule has 14 aromatic rings. The number of rotatable bonds is 6. The van der Waals surface area contributed by atoms with Gasteiger partial charge in [-0.1, -0.05) is 120 Å². The quantitative estimate of drug-likeness (QED) is 0.123. The second kappa shape index (κ2) is 23.1. The number of benzene rings is 8. The van der Waals surface area contributed by atoms with E-state index in [9.17, 15) is 0 Å². The molecule has 0 unspecified atom stereocenters. The summed E-state index contributed by atoms with van der Waals surface area (Å²) < 4.78 is 8.38. The fraction of sp³-hybridized carbons (Fsp3) is 0.0625. The molecule has 366 valence electrons. The minimum absolute atomic E-state index is 0. The van der Waals surface area contributed by atoms with Gasteiger partial charge in [0, 0.05) is 26.5 Å². The maximum absolute atomic E-state index is 4.82. The average molecular weight is 1190 g/mol. The Morgan fingerprint density at radius 3 is 1.03 bits per heavy atom. The van der Waals surface area contributed by atoms with Crippen molar-refractivity contribution in [2.24, 2.45) is 14.1 Å². The maximum Gasteiger partial charge on any atom is 2.00 e. The smallest absolute Gasteiger partial charge is 0.313 e. The van der Waals surface area contributed by atoms with Crippen LogP contribution in [0.3, 0.4) is 0 Å². The van der Waals surface area contributed by atoms with Crippen LogP contribution in [0.25, 0.3) is 77.8 Å². The number of para-hydroxylation sites is 6. The molecule has 0 fully saturated rings. The average Bonchev–Trinajstić information content (AvgIpc) is 4.21. The number of aryl methyl sites for hydroxylation is 2. The van der Waals surface area contributed by atoms with Gasteiger partial charge in [-0.15, -0.1) is 10.8 Å². The molecule has 0 amide bonds. The Labute approximate surface area is 452 Å². The summed E-state index contributed by atoms with van der Waals surface area (Å²) in [6.45, 7) is 4.69. The molecule has 11 heteroatoms. The van der Waals surface area contributed by atoms with E-state index in [1.165, 1.54) is 21.2 Å². The van der Waals surface area contributed by atoms with Crippen LogP contribution >= 0.6 is 15.8 Å². The van der Waals surface area contributed by atoms with E-state index >= 15 is 0 Å². The molecule has 6 aromatic heterocycles. The topological polar surface area (TPSA) is 71.3 Å². The summed E-state index contributed by atoms with van der Waals surface area (Å²) in [5.41, 5.74) is 7.97. The number of nitrogens with zero attached hydrogens (tertiary/aromatic N) is 8. The van der Waals surface area contributed by atoms with Gasteiger partial charge in [0.2, 0.25) is 11.9 Å². The molecule has 0 saturated heterocycles. The first-order valence-electron chi connectivity index (χ1n) is 24.7. The fourth-order valence-electron chi connectivity index (χ4n) is 9.58. The molecule has 0 radical (unpaired) electrons. The summed E-state index contributed by atoms with van der Waals surface area (Å²) in [6, 6.07) is 86.2. The monoisotopic (exact) mass is 1190 g/mol. The molecular formula is C64H54N8OsP2+2. The SMILES string of the molecule is C[PH+](c1ccccc1)c1ccccc1.C[PH+](c1ccccc1)c1ccccc1.Cn1c(-n2c3[c-]cccc3c3cccnc32)nc2ccccc21.Cn1c(-n2c3[c-]cccc3c3cccnc32)nc2ccccc21.[Os+2]. The zero-order valence-corrected chi connectivity index (χ0v) is 46.6. The minimum atomic E-state index is -0.545. The van der Waals surface area contributed by atoms with E-state index in [0.717, 1.165) is 77.8 Å². The van der Waals surface area contributed by atoms with Crippen molar-refractivity contribution in [3.05, 3.63) is 255 Å². The number of fused-ring (bicyclic) bond motifs is 8. The van der Waals surface area contributed by atoms with Crippen LogP contribution in [0.2, 0.25) is 0 Å². The fourth-order valence-corrected chi connectivity index (χ4v) is 13.0. The molecule has 0 spiro atoms. The van der Waals surface area contributed by atoms with Crippen molar-refractivity contribution in [1.82, 2.24) is 38.2 Å². The van der Waals surface area contributed by atoms with Gasteiger partial charge in [0.15, 0.2) is 0 Å². The Bertz CT molecular complexity index is 3700. The summed E-state index contributed by atoms with van der Waals surface area (Å²) in [6.07, 6.45) is 3.64. The molecule has 0 aliphatic heterocycles. The second-order valence-electron chi connectivity index (χ2n) is 17.9. The van der Waals surface area contributed by atoms with Gasteiger partial charge in [-0.05, 0) is 95.7 Å². The van der Waals surface area contributed by atoms with Crippen LogP contribution < -0.4 is 21.2 Å². The van der Waals surface area contributed by atoms with Crippen LogP contribution in [0.5, 0.6) is 0 Å². The van der Waals surface area contributed by atoms with Gasteiger partial charge in [0.05, 0.1) is 72.5 Å². The Morgan fingerprint density at radius 1 is 0.360 bits per heavy atom. The van der Waals surface area contributed by atoms with Gasteiger partial charge in [-0.25, -0.2) is 19.9 Å². The molecule has 8 aromatic carbocycles. The van der Waals surface area contributed by atoms with E-state index in [1.54, 1.807) is 0 Å². The molecule has 0 aliphatic rings. The van der Waals surface area contributed by atoms with Crippen LogP contribution in [0, 0.1) is 12.1 Å². The van der Waals surface area contributed by atoms with Crippen LogP contribution in [-0.2, 0) is 33.9 Å². The number of pyridine rings is 2. The van der Waals surface area contributed by atoms with E-state index < -0.39 is 15.8 Å². The van der Waals surface area contributed by atoms with E-state index in [-0.39, 0.29) is 19.8 Å². The summed E-state index contributed by atoms with van der Waals surface area (Å²) in [7, 11) is 2.98. The van der Waals surface area contributed by atoms with Crippen molar-refractivity contribution in [3.63, 3.8) is 0 Å². The Morgan fingerprint density at radius 2 is 0.680 bits per heavy atom. The van der Waals surface area contributed by atoms with Gasteiger partial charge < -0.3 is 9.13 Å². The van der Waals surface area contributed by atoms with E-state index in [4.69, 9.17) is 9.97 Å². The number of aromatic nitrogens is 8. The van der Waals surface area contributed by atoms with Gasteiger partial charge in [0.1, 0.15) is 11.3 Å². The third kappa shape index (κ3) is 10.3. The van der Waals surface area contributed by atoms with Crippen molar-refractivity contribution in [1.29, 1.82) is 0 Å². The van der Waals surface area contributed by atoms with Gasteiger partial charge in [-0.2, -0.15) is 48.5 Å². The molecule has 75 heavy (non-hydrogen) atoms. The van der Waals surface area contributed by atoms with Crippen LogP contribution in [0.1, 0.15) is 0 Å². The Hall–Kier alpha value is -7.90. The third-order valence-corrected chi connectivity index (χ3v) is 18.2.